The first-order valence-electron chi connectivity index (χ1n) is 7.60. The Hall–Kier alpha value is -0.730. The molecular weight excluding hydrogens is 268 g/mol. The zero-order chi connectivity index (χ0) is 15.1. The summed E-state index contributed by atoms with van der Waals surface area (Å²) in [5.74, 6) is 1.39. The highest BCUT2D eigenvalue weighted by Gasteiger charge is 2.06. The van der Waals surface area contributed by atoms with Crippen LogP contribution in [-0.2, 0) is 6.54 Å². The summed E-state index contributed by atoms with van der Waals surface area (Å²) in [7, 11) is 2.13. The van der Waals surface area contributed by atoms with Gasteiger partial charge in [-0.05, 0) is 42.5 Å². The number of hydrogen-bond donors (Lipinski definition) is 1. The van der Waals surface area contributed by atoms with E-state index >= 15 is 0 Å². The third-order valence-electron chi connectivity index (χ3n) is 3.39. The van der Waals surface area contributed by atoms with Crippen LogP contribution in [0.15, 0.2) is 18.2 Å². The van der Waals surface area contributed by atoms with Crippen LogP contribution in [0.25, 0.3) is 0 Å². The van der Waals surface area contributed by atoms with Crippen LogP contribution in [0.3, 0.4) is 0 Å². The second kappa shape index (κ2) is 8.53. The van der Waals surface area contributed by atoms with Gasteiger partial charge in [0, 0.05) is 30.8 Å². The van der Waals surface area contributed by atoms with Crippen LogP contribution in [0.1, 0.15) is 39.7 Å². The molecule has 20 heavy (non-hydrogen) atoms. The minimum Gasteiger partial charge on any atom is -0.375 e. The smallest absolute Gasteiger partial charge is 0.0471 e. The van der Waals surface area contributed by atoms with Crippen molar-refractivity contribution in [1.82, 2.24) is 5.32 Å². The number of hydrogen-bond acceptors (Lipinski definition) is 2. The van der Waals surface area contributed by atoms with E-state index in [9.17, 15) is 0 Å². The van der Waals surface area contributed by atoms with E-state index in [1.54, 1.807) is 0 Å². The first kappa shape index (κ1) is 17.3. The molecule has 1 N–H and O–H groups in total. The van der Waals surface area contributed by atoms with Gasteiger partial charge in [-0.15, -0.1) is 0 Å². The Bertz CT molecular complexity index is 402. The molecule has 114 valence electrons. The second-order valence-electron chi connectivity index (χ2n) is 6.40. The van der Waals surface area contributed by atoms with Crippen molar-refractivity contribution in [2.75, 3.05) is 25.0 Å². The van der Waals surface area contributed by atoms with Gasteiger partial charge in [-0.1, -0.05) is 45.4 Å². The van der Waals surface area contributed by atoms with Crippen molar-refractivity contribution < 1.29 is 0 Å². The second-order valence-corrected chi connectivity index (χ2v) is 6.81. The summed E-state index contributed by atoms with van der Waals surface area (Å²) in [5, 5.41) is 4.29. The molecule has 0 atom stereocenters. The van der Waals surface area contributed by atoms with Gasteiger partial charge in [0.2, 0.25) is 0 Å². The summed E-state index contributed by atoms with van der Waals surface area (Å²) in [5.41, 5.74) is 2.37. The lowest BCUT2D eigenvalue weighted by atomic mass is 10.1. The number of nitrogens with one attached hydrogen (secondary N) is 1. The zero-order valence-corrected chi connectivity index (χ0v) is 14.3. The van der Waals surface area contributed by atoms with Crippen molar-refractivity contribution in [3.63, 3.8) is 0 Å². The van der Waals surface area contributed by atoms with E-state index in [4.69, 9.17) is 11.6 Å². The van der Waals surface area contributed by atoms with Crippen molar-refractivity contribution in [2.45, 2.75) is 40.7 Å². The average molecular weight is 297 g/mol. The first-order valence-corrected chi connectivity index (χ1v) is 7.98. The number of benzene rings is 1. The van der Waals surface area contributed by atoms with Crippen molar-refractivity contribution >= 4 is 17.3 Å². The average Bonchev–Trinajstić information content (AvgIpc) is 2.37. The van der Waals surface area contributed by atoms with E-state index in [1.807, 2.05) is 0 Å². The van der Waals surface area contributed by atoms with E-state index < -0.39 is 0 Å². The van der Waals surface area contributed by atoms with E-state index in [1.165, 1.54) is 17.7 Å². The minimum absolute atomic E-state index is 0.662. The van der Waals surface area contributed by atoms with Gasteiger partial charge in [0.25, 0.3) is 0 Å². The van der Waals surface area contributed by atoms with Gasteiger partial charge in [0.05, 0.1) is 0 Å². The molecule has 0 unspecified atom stereocenters. The molecule has 0 aromatic heterocycles. The largest absolute Gasteiger partial charge is 0.375 e. The summed E-state index contributed by atoms with van der Waals surface area (Å²) in [4.78, 5) is 2.28. The van der Waals surface area contributed by atoms with Gasteiger partial charge in [0.15, 0.2) is 0 Å². The Morgan fingerprint density at radius 2 is 1.85 bits per heavy atom. The van der Waals surface area contributed by atoms with Crippen molar-refractivity contribution in [2.24, 2.45) is 11.8 Å². The molecule has 3 heteroatoms. The van der Waals surface area contributed by atoms with E-state index in [-0.39, 0.29) is 0 Å². The summed E-state index contributed by atoms with van der Waals surface area (Å²) in [6, 6.07) is 6.38. The van der Waals surface area contributed by atoms with Crippen molar-refractivity contribution in [1.29, 1.82) is 0 Å². The van der Waals surface area contributed by atoms with E-state index in [0.29, 0.717) is 5.92 Å². The quantitative estimate of drug-likeness (QED) is 0.756. The summed E-state index contributed by atoms with van der Waals surface area (Å²) >= 11 is 6.38. The highest BCUT2D eigenvalue weighted by atomic mass is 35.5. The lowest BCUT2D eigenvalue weighted by molar-refractivity contribution is 0.552. The molecule has 0 bridgehead atoms. The molecular formula is C17H29ClN2. The first-order chi connectivity index (χ1) is 9.40. The molecule has 0 aliphatic carbocycles. The van der Waals surface area contributed by atoms with Gasteiger partial charge in [-0.25, -0.2) is 0 Å². The number of rotatable bonds is 8. The summed E-state index contributed by atoms with van der Waals surface area (Å²) < 4.78 is 0. The SMILES string of the molecule is CC(C)CCN(C)c1ccc(CNCC(C)C)c(Cl)c1. The number of anilines is 1. The van der Waals surface area contributed by atoms with Crippen LogP contribution in [0.5, 0.6) is 0 Å². The lowest BCUT2D eigenvalue weighted by Gasteiger charge is -2.21. The molecule has 0 aliphatic heterocycles. The standard InChI is InChI=1S/C17H29ClN2/c1-13(2)8-9-20(5)16-7-6-15(17(18)10-16)12-19-11-14(3)4/h6-7,10,13-14,19H,8-9,11-12H2,1-5H3. The molecule has 0 aliphatic rings. The Morgan fingerprint density at radius 1 is 1.15 bits per heavy atom. The highest BCUT2D eigenvalue weighted by Crippen LogP contribution is 2.23. The Morgan fingerprint density at radius 3 is 2.40 bits per heavy atom. The van der Waals surface area contributed by atoms with Crippen LogP contribution >= 0.6 is 11.6 Å². The molecule has 1 aromatic rings. The minimum atomic E-state index is 0.662. The maximum absolute atomic E-state index is 6.38. The lowest BCUT2D eigenvalue weighted by Crippen LogP contribution is -2.21. The van der Waals surface area contributed by atoms with Gasteiger partial charge in [-0.3, -0.25) is 0 Å². The number of halogens is 1. The summed E-state index contributed by atoms with van der Waals surface area (Å²) in [6.07, 6.45) is 1.20. The van der Waals surface area contributed by atoms with Crippen LogP contribution in [-0.4, -0.2) is 20.1 Å². The predicted molar refractivity (Wildman–Crippen MR) is 90.7 cm³/mol. The van der Waals surface area contributed by atoms with Crippen molar-refractivity contribution in [3.05, 3.63) is 28.8 Å². The Balaban J connectivity index is 2.58. The van der Waals surface area contributed by atoms with Crippen LogP contribution < -0.4 is 10.2 Å². The fraction of sp³-hybridized carbons (Fsp3) is 0.647. The molecule has 0 saturated carbocycles. The number of nitrogens with zero attached hydrogens (tertiary/aromatic N) is 1. The van der Waals surface area contributed by atoms with Crippen molar-refractivity contribution in [3.8, 4) is 0 Å². The molecule has 0 heterocycles. The molecule has 0 radical (unpaired) electrons. The molecule has 2 nitrogen and oxygen atoms in total. The molecule has 0 amide bonds. The fourth-order valence-electron chi connectivity index (χ4n) is 1.99. The van der Waals surface area contributed by atoms with Crippen LogP contribution in [0.2, 0.25) is 5.02 Å². The topological polar surface area (TPSA) is 15.3 Å². The van der Waals surface area contributed by atoms with Gasteiger partial charge >= 0.3 is 0 Å². The van der Waals surface area contributed by atoms with Crippen LogP contribution in [0.4, 0.5) is 5.69 Å². The molecule has 1 rings (SSSR count). The fourth-order valence-corrected chi connectivity index (χ4v) is 2.24. The zero-order valence-electron chi connectivity index (χ0n) is 13.5. The van der Waals surface area contributed by atoms with Gasteiger partial charge < -0.3 is 10.2 Å². The van der Waals surface area contributed by atoms with Crippen LogP contribution in [0, 0.1) is 11.8 Å². The highest BCUT2D eigenvalue weighted by molar-refractivity contribution is 6.31. The molecule has 0 spiro atoms. The molecule has 0 saturated heterocycles. The van der Waals surface area contributed by atoms with E-state index in [0.717, 1.165) is 30.6 Å². The van der Waals surface area contributed by atoms with Gasteiger partial charge in [0.1, 0.15) is 0 Å². The Kier molecular flexibility index (Phi) is 7.39. The monoisotopic (exact) mass is 296 g/mol. The van der Waals surface area contributed by atoms with Gasteiger partial charge in [-0.2, -0.15) is 0 Å². The summed E-state index contributed by atoms with van der Waals surface area (Å²) in [6.45, 7) is 11.9. The maximum atomic E-state index is 6.38. The maximum Gasteiger partial charge on any atom is 0.0471 e. The third-order valence-corrected chi connectivity index (χ3v) is 3.74. The molecule has 0 fully saturated rings. The predicted octanol–water partition coefficient (Wildman–Crippen LogP) is 4.57. The third kappa shape index (κ3) is 6.15. The van der Waals surface area contributed by atoms with E-state index in [2.05, 4.69) is 63.2 Å². The molecule has 1 aromatic carbocycles. The normalized spacial score (nSPS) is 11.4. The Labute approximate surface area is 129 Å².